The molecule has 3 N–H and O–H groups in total. The molecule has 0 aromatic carbocycles. The Morgan fingerprint density at radius 3 is 2.72 bits per heavy atom. The summed E-state index contributed by atoms with van der Waals surface area (Å²) in [5.74, 6) is 0.432. The van der Waals surface area contributed by atoms with Crippen molar-refractivity contribution >= 4 is 23.4 Å². The van der Waals surface area contributed by atoms with Crippen molar-refractivity contribution in [2.45, 2.75) is 58.5 Å². The van der Waals surface area contributed by atoms with Crippen molar-refractivity contribution in [2.75, 3.05) is 19.7 Å². The lowest BCUT2D eigenvalue weighted by Crippen LogP contribution is -2.48. The van der Waals surface area contributed by atoms with Crippen LogP contribution in [-0.4, -0.2) is 47.7 Å². The van der Waals surface area contributed by atoms with Crippen LogP contribution >= 0.6 is 11.3 Å². The molecule has 25 heavy (non-hydrogen) atoms. The predicted molar refractivity (Wildman–Crippen MR) is 101 cm³/mol. The predicted octanol–water partition coefficient (Wildman–Crippen LogP) is 2.47. The first kappa shape index (κ1) is 19.5. The smallest absolute Gasteiger partial charge is 0.409 e. The average molecular weight is 368 g/mol. The second-order valence-electron chi connectivity index (χ2n) is 7.18. The molecule has 1 aliphatic rings. The molecule has 8 heteroatoms. The summed E-state index contributed by atoms with van der Waals surface area (Å²) in [6, 6.07) is 0.232. The molecule has 0 atom stereocenters. The highest BCUT2D eigenvalue weighted by atomic mass is 32.1. The van der Waals surface area contributed by atoms with Crippen LogP contribution in [0, 0.1) is 0 Å². The van der Waals surface area contributed by atoms with Gasteiger partial charge in [-0.25, -0.2) is 14.8 Å². The van der Waals surface area contributed by atoms with Crippen LogP contribution in [0.2, 0.25) is 0 Å². The Morgan fingerprint density at radius 1 is 1.48 bits per heavy atom. The van der Waals surface area contributed by atoms with E-state index in [4.69, 9.17) is 10.5 Å². The lowest BCUT2D eigenvalue weighted by molar-refractivity contribution is 0.0963. The molecule has 2 rings (SSSR count). The molecule has 0 bridgehead atoms. The molecular weight excluding hydrogens is 338 g/mol. The van der Waals surface area contributed by atoms with E-state index in [2.05, 4.69) is 41.4 Å². The number of amides is 1. The Kier molecular flexibility index (Phi) is 6.64. The van der Waals surface area contributed by atoms with Crippen LogP contribution in [0.1, 0.15) is 51.2 Å². The summed E-state index contributed by atoms with van der Waals surface area (Å²) in [5.41, 5.74) is 7.13. The third-order valence-corrected chi connectivity index (χ3v) is 4.91. The minimum absolute atomic E-state index is 0.0507. The summed E-state index contributed by atoms with van der Waals surface area (Å²) in [7, 11) is 0. The minimum Gasteiger partial charge on any atom is -0.450 e. The van der Waals surface area contributed by atoms with Gasteiger partial charge in [0.2, 0.25) is 0 Å². The summed E-state index contributed by atoms with van der Waals surface area (Å²) in [6.07, 6.45) is 1.43. The molecule has 1 amide bonds. The van der Waals surface area contributed by atoms with Gasteiger partial charge in [0.15, 0.2) is 5.96 Å². The number of hydrogen-bond acceptors (Lipinski definition) is 5. The number of aromatic nitrogens is 1. The van der Waals surface area contributed by atoms with Crippen LogP contribution in [0.3, 0.4) is 0 Å². The van der Waals surface area contributed by atoms with Gasteiger partial charge < -0.3 is 20.7 Å². The number of nitrogens with one attached hydrogen (secondary N) is 1. The van der Waals surface area contributed by atoms with E-state index in [0.717, 1.165) is 23.5 Å². The molecule has 140 valence electrons. The topological polar surface area (TPSA) is 92.8 Å². The maximum atomic E-state index is 11.7. The van der Waals surface area contributed by atoms with Crippen LogP contribution in [0.5, 0.6) is 0 Å². The highest BCUT2D eigenvalue weighted by molar-refractivity contribution is 7.09. The van der Waals surface area contributed by atoms with E-state index >= 15 is 0 Å². The average Bonchev–Trinajstić information content (AvgIpc) is 3.03. The molecule has 1 aromatic heterocycles. The number of likely N-dealkylation sites (tertiary alicyclic amines) is 1. The molecule has 1 saturated heterocycles. The van der Waals surface area contributed by atoms with Crippen LogP contribution in [0.15, 0.2) is 10.4 Å². The zero-order chi connectivity index (χ0) is 18.4. The Labute approximate surface area is 153 Å². The number of nitrogens with two attached hydrogens (primary N) is 1. The Bertz CT molecular complexity index is 600. The molecular formula is C17H29N5O2S. The molecule has 0 saturated carbocycles. The highest BCUT2D eigenvalue weighted by Gasteiger charge is 2.23. The number of hydrogen-bond donors (Lipinski definition) is 2. The van der Waals surface area contributed by atoms with Gasteiger partial charge in [0.05, 0.1) is 18.8 Å². The van der Waals surface area contributed by atoms with E-state index in [9.17, 15) is 4.79 Å². The molecule has 2 heterocycles. The molecule has 7 nitrogen and oxygen atoms in total. The summed E-state index contributed by atoms with van der Waals surface area (Å²) in [6.45, 7) is 10.5. The number of nitrogens with zero attached hydrogens (tertiary/aromatic N) is 3. The van der Waals surface area contributed by atoms with E-state index in [0.29, 0.717) is 32.2 Å². The Balaban J connectivity index is 1.78. The second-order valence-corrected chi connectivity index (χ2v) is 8.13. The second kappa shape index (κ2) is 8.51. The fraction of sp³-hybridized carbons (Fsp3) is 0.706. The number of aliphatic imine (C=N–C) groups is 1. The van der Waals surface area contributed by atoms with Gasteiger partial charge in [-0.3, -0.25) is 0 Å². The van der Waals surface area contributed by atoms with Gasteiger partial charge in [-0.1, -0.05) is 20.8 Å². The SMILES string of the molecule is CCOC(=O)N1CCC(NC(N)=NCc2nc(C(C)(C)C)cs2)CC1. The van der Waals surface area contributed by atoms with Gasteiger partial charge in [-0.15, -0.1) is 11.3 Å². The molecule has 0 aliphatic carbocycles. The fourth-order valence-corrected chi connectivity index (χ4v) is 3.50. The number of carbonyl (C=O) groups excluding carboxylic acids is 1. The van der Waals surface area contributed by atoms with Crippen LogP contribution in [0.25, 0.3) is 0 Å². The minimum atomic E-state index is -0.235. The first-order chi connectivity index (χ1) is 11.8. The lowest BCUT2D eigenvalue weighted by atomic mass is 9.93. The number of piperidine rings is 1. The number of guanidine groups is 1. The maximum Gasteiger partial charge on any atom is 0.409 e. The van der Waals surface area contributed by atoms with Gasteiger partial charge in [0.1, 0.15) is 5.01 Å². The zero-order valence-electron chi connectivity index (χ0n) is 15.5. The number of ether oxygens (including phenoxy) is 1. The van der Waals surface area contributed by atoms with Crippen LogP contribution in [-0.2, 0) is 16.7 Å². The highest BCUT2D eigenvalue weighted by Crippen LogP contribution is 2.24. The summed E-state index contributed by atoms with van der Waals surface area (Å²) in [5, 5.41) is 6.29. The van der Waals surface area contributed by atoms with Crippen molar-refractivity contribution in [1.82, 2.24) is 15.2 Å². The number of rotatable bonds is 4. The maximum absolute atomic E-state index is 11.7. The van der Waals surface area contributed by atoms with E-state index in [1.165, 1.54) is 0 Å². The van der Waals surface area contributed by atoms with Gasteiger partial charge in [0, 0.05) is 29.9 Å². The van der Waals surface area contributed by atoms with Crippen molar-refractivity contribution in [3.63, 3.8) is 0 Å². The molecule has 1 aromatic rings. The first-order valence-corrected chi connectivity index (χ1v) is 9.60. The molecule has 0 unspecified atom stereocenters. The van der Waals surface area contributed by atoms with Crippen molar-refractivity contribution in [2.24, 2.45) is 10.7 Å². The quantitative estimate of drug-likeness (QED) is 0.630. The molecule has 1 aliphatic heterocycles. The molecule has 0 radical (unpaired) electrons. The van der Waals surface area contributed by atoms with Crippen molar-refractivity contribution in [3.05, 3.63) is 16.1 Å². The monoisotopic (exact) mass is 367 g/mol. The Morgan fingerprint density at radius 2 is 2.16 bits per heavy atom. The largest absolute Gasteiger partial charge is 0.450 e. The van der Waals surface area contributed by atoms with Crippen molar-refractivity contribution in [1.29, 1.82) is 0 Å². The van der Waals surface area contributed by atoms with E-state index in [1.807, 2.05) is 6.92 Å². The number of thiazole rings is 1. The third-order valence-electron chi connectivity index (χ3n) is 4.08. The Hall–Kier alpha value is -1.83. The normalized spacial score (nSPS) is 16.8. The lowest BCUT2D eigenvalue weighted by Gasteiger charge is -2.31. The zero-order valence-corrected chi connectivity index (χ0v) is 16.4. The van der Waals surface area contributed by atoms with Gasteiger partial charge in [-0.05, 0) is 19.8 Å². The standard InChI is InChI=1S/C17H29N5O2S/c1-5-24-16(23)22-8-6-12(7-9-22)20-15(18)19-10-14-21-13(11-25-14)17(2,3)4/h11-12H,5-10H2,1-4H3,(H3,18,19,20). The van der Waals surface area contributed by atoms with Crippen LogP contribution < -0.4 is 11.1 Å². The third kappa shape index (κ3) is 5.88. The van der Waals surface area contributed by atoms with Gasteiger partial charge in [0.25, 0.3) is 0 Å². The van der Waals surface area contributed by atoms with E-state index in [1.54, 1.807) is 16.2 Å². The summed E-state index contributed by atoms with van der Waals surface area (Å²) < 4.78 is 5.02. The van der Waals surface area contributed by atoms with Crippen LogP contribution in [0.4, 0.5) is 4.79 Å². The van der Waals surface area contributed by atoms with Crippen molar-refractivity contribution in [3.8, 4) is 0 Å². The van der Waals surface area contributed by atoms with E-state index in [-0.39, 0.29) is 17.6 Å². The summed E-state index contributed by atoms with van der Waals surface area (Å²) in [4.78, 5) is 22.4. The number of carbonyl (C=O) groups is 1. The fourth-order valence-electron chi connectivity index (χ4n) is 2.56. The first-order valence-electron chi connectivity index (χ1n) is 8.72. The van der Waals surface area contributed by atoms with Gasteiger partial charge >= 0.3 is 6.09 Å². The van der Waals surface area contributed by atoms with Gasteiger partial charge in [-0.2, -0.15) is 0 Å². The van der Waals surface area contributed by atoms with E-state index < -0.39 is 0 Å². The molecule has 1 fully saturated rings. The van der Waals surface area contributed by atoms with Crippen molar-refractivity contribution < 1.29 is 9.53 Å². The molecule has 0 spiro atoms. The summed E-state index contributed by atoms with van der Waals surface area (Å²) >= 11 is 1.61.